The molecular weight excluding hydrogens is 232 g/mol. The SMILES string of the molecule is N#CCN(CC#N)c1ccc2c(c1)NC(=O)C2=O. The lowest BCUT2D eigenvalue weighted by Crippen LogP contribution is -2.23. The van der Waals surface area contributed by atoms with E-state index in [0.717, 1.165) is 0 Å². The lowest BCUT2D eigenvalue weighted by molar-refractivity contribution is -0.112. The number of carbonyl (C=O) groups excluding carboxylic acids is 2. The van der Waals surface area contributed by atoms with Gasteiger partial charge in [0, 0.05) is 5.69 Å². The molecule has 88 valence electrons. The molecule has 6 nitrogen and oxygen atoms in total. The van der Waals surface area contributed by atoms with Gasteiger partial charge < -0.3 is 10.2 Å². The van der Waals surface area contributed by atoms with Crippen molar-refractivity contribution in [1.29, 1.82) is 10.5 Å². The third-order valence-corrected chi connectivity index (χ3v) is 2.59. The number of fused-ring (bicyclic) bond motifs is 1. The summed E-state index contributed by atoms with van der Waals surface area (Å²) < 4.78 is 0. The number of hydrogen-bond donors (Lipinski definition) is 1. The molecule has 1 aliphatic heterocycles. The summed E-state index contributed by atoms with van der Waals surface area (Å²) in [6, 6.07) is 8.64. The van der Waals surface area contributed by atoms with Crippen LogP contribution in [0.2, 0.25) is 0 Å². The highest BCUT2D eigenvalue weighted by Gasteiger charge is 2.28. The molecule has 1 N–H and O–H groups in total. The molecule has 0 unspecified atom stereocenters. The van der Waals surface area contributed by atoms with E-state index in [-0.39, 0.29) is 13.1 Å². The van der Waals surface area contributed by atoms with Gasteiger partial charge >= 0.3 is 0 Å². The molecule has 0 saturated heterocycles. The second kappa shape index (κ2) is 4.56. The van der Waals surface area contributed by atoms with Crippen LogP contribution >= 0.6 is 0 Å². The van der Waals surface area contributed by atoms with Crippen molar-refractivity contribution in [1.82, 2.24) is 0 Å². The summed E-state index contributed by atoms with van der Waals surface area (Å²) in [5.41, 5.74) is 1.35. The van der Waals surface area contributed by atoms with Gasteiger partial charge in [-0.1, -0.05) is 0 Å². The number of ketones is 1. The normalized spacial score (nSPS) is 12.3. The predicted octanol–water partition coefficient (Wildman–Crippen LogP) is 0.675. The maximum atomic E-state index is 11.4. The number of carbonyl (C=O) groups is 2. The van der Waals surface area contributed by atoms with E-state index in [1.165, 1.54) is 6.07 Å². The second-order valence-electron chi connectivity index (χ2n) is 3.69. The maximum Gasteiger partial charge on any atom is 0.296 e. The Kier molecular flexibility index (Phi) is 2.94. The summed E-state index contributed by atoms with van der Waals surface area (Å²) in [7, 11) is 0. The maximum absolute atomic E-state index is 11.4. The molecular formula is C12H8N4O2. The van der Waals surface area contributed by atoms with Crippen LogP contribution in [0, 0.1) is 22.7 Å². The van der Waals surface area contributed by atoms with Gasteiger partial charge in [0.2, 0.25) is 0 Å². The first kappa shape index (κ1) is 11.6. The van der Waals surface area contributed by atoms with Crippen molar-refractivity contribution in [2.45, 2.75) is 0 Å². The van der Waals surface area contributed by atoms with Crippen LogP contribution < -0.4 is 10.2 Å². The minimum atomic E-state index is -0.658. The first-order valence-electron chi connectivity index (χ1n) is 5.16. The van der Waals surface area contributed by atoms with Crippen molar-refractivity contribution in [2.24, 2.45) is 0 Å². The molecule has 1 amide bonds. The van der Waals surface area contributed by atoms with Crippen LogP contribution in [0.4, 0.5) is 11.4 Å². The lowest BCUT2D eigenvalue weighted by Gasteiger charge is -2.18. The van der Waals surface area contributed by atoms with Crippen LogP contribution in [0.3, 0.4) is 0 Å². The largest absolute Gasteiger partial charge is 0.345 e. The van der Waals surface area contributed by atoms with E-state index in [1.54, 1.807) is 17.0 Å². The zero-order chi connectivity index (χ0) is 13.1. The lowest BCUT2D eigenvalue weighted by atomic mass is 10.1. The molecule has 18 heavy (non-hydrogen) atoms. The number of anilines is 2. The van der Waals surface area contributed by atoms with Crippen molar-refractivity contribution in [3.63, 3.8) is 0 Å². The first-order chi connectivity index (χ1) is 8.67. The molecule has 0 fully saturated rings. The molecule has 0 aromatic heterocycles. The number of nitriles is 2. The van der Waals surface area contributed by atoms with Gasteiger partial charge in [-0.2, -0.15) is 10.5 Å². The Labute approximate surface area is 103 Å². The third-order valence-electron chi connectivity index (χ3n) is 2.59. The minimum absolute atomic E-state index is 0.0637. The summed E-state index contributed by atoms with van der Waals surface area (Å²) in [6.45, 7) is 0.127. The average molecular weight is 240 g/mol. The van der Waals surface area contributed by atoms with Gasteiger partial charge in [0.15, 0.2) is 0 Å². The summed E-state index contributed by atoms with van der Waals surface area (Å²) in [4.78, 5) is 24.1. The summed E-state index contributed by atoms with van der Waals surface area (Å²) in [5, 5.41) is 19.8. The number of Topliss-reactive ketones (excluding diaryl/α,β-unsaturated/α-hetero) is 1. The zero-order valence-electron chi connectivity index (χ0n) is 9.30. The average Bonchev–Trinajstić information content (AvgIpc) is 2.64. The van der Waals surface area contributed by atoms with Crippen LogP contribution in [0.1, 0.15) is 10.4 Å². The van der Waals surface area contributed by atoms with E-state index >= 15 is 0 Å². The Morgan fingerprint density at radius 2 is 1.83 bits per heavy atom. The molecule has 0 radical (unpaired) electrons. The molecule has 2 rings (SSSR count). The summed E-state index contributed by atoms with van der Waals surface area (Å²) in [6.07, 6.45) is 0. The molecule has 0 bridgehead atoms. The molecule has 1 aromatic carbocycles. The summed E-state index contributed by atoms with van der Waals surface area (Å²) >= 11 is 0. The fourth-order valence-electron chi connectivity index (χ4n) is 1.74. The van der Waals surface area contributed by atoms with Crippen LogP contribution in [-0.2, 0) is 4.79 Å². The molecule has 1 heterocycles. The van der Waals surface area contributed by atoms with Crippen molar-refractivity contribution in [3.8, 4) is 12.1 Å². The van der Waals surface area contributed by atoms with Gasteiger partial charge in [-0.15, -0.1) is 0 Å². The van der Waals surface area contributed by atoms with Crippen LogP contribution in [0.15, 0.2) is 18.2 Å². The van der Waals surface area contributed by atoms with Crippen LogP contribution in [-0.4, -0.2) is 24.8 Å². The monoisotopic (exact) mass is 240 g/mol. The van der Waals surface area contributed by atoms with E-state index in [2.05, 4.69) is 5.32 Å². The number of rotatable bonds is 3. The van der Waals surface area contributed by atoms with Gasteiger partial charge in [0.05, 0.1) is 23.4 Å². The quantitative estimate of drug-likeness (QED) is 0.618. The fourth-order valence-corrected chi connectivity index (χ4v) is 1.74. The van der Waals surface area contributed by atoms with E-state index in [1.807, 2.05) is 12.1 Å². The predicted molar refractivity (Wildman–Crippen MR) is 62.8 cm³/mol. The van der Waals surface area contributed by atoms with E-state index in [0.29, 0.717) is 16.9 Å². The van der Waals surface area contributed by atoms with Gasteiger partial charge in [-0.3, -0.25) is 9.59 Å². The van der Waals surface area contributed by atoms with E-state index < -0.39 is 11.7 Å². The smallest absolute Gasteiger partial charge is 0.296 e. The van der Waals surface area contributed by atoms with Crippen molar-refractivity contribution < 1.29 is 9.59 Å². The molecule has 6 heteroatoms. The highest BCUT2D eigenvalue weighted by atomic mass is 16.2. The highest BCUT2D eigenvalue weighted by Crippen LogP contribution is 2.28. The highest BCUT2D eigenvalue weighted by molar-refractivity contribution is 6.51. The third kappa shape index (κ3) is 1.87. The van der Waals surface area contributed by atoms with Gasteiger partial charge in [-0.05, 0) is 18.2 Å². The molecule has 0 saturated carbocycles. The van der Waals surface area contributed by atoms with Crippen molar-refractivity contribution in [2.75, 3.05) is 23.3 Å². The number of nitrogens with one attached hydrogen (secondary N) is 1. The van der Waals surface area contributed by atoms with Gasteiger partial charge in [0.25, 0.3) is 11.7 Å². The number of nitrogens with zero attached hydrogens (tertiary/aromatic N) is 3. The molecule has 0 spiro atoms. The van der Waals surface area contributed by atoms with E-state index in [4.69, 9.17) is 10.5 Å². The van der Waals surface area contributed by atoms with Crippen LogP contribution in [0.25, 0.3) is 0 Å². The second-order valence-corrected chi connectivity index (χ2v) is 3.69. The number of benzene rings is 1. The number of hydrogen-bond acceptors (Lipinski definition) is 5. The Bertz CT molecular complexity index is 593. The fraction of sp³-hybridized carbons (Fsp3) is 0.167. The minimum Gasteiger partial charge on any atom is -0.345 e. The molecule has 0 atom stereocenters. The van der Waals surface area contributed by atoms with Crippen molar-refractivity contribution >= 4 is 23.1 Å². The molecule has 0 aliphatic carbocycles. The zero-order valence-corrected chi connectivity index (χ0v) is 9.30. The first-order valence-corrected chi connectivity index (χ1v) is 5.16. The number of amides is 1. The van der Waals surface area contributed by atoms with Gasteiger partial charge in [-0.25, -0.2) is 0 Å². The van der Waals surface area contributed by atoms with Gasteiger partial charge in [0.1, 0.15) is 13.1 Å². The standard InChI is InChI=1S/C12H8N4O2/c13-3-5-16(6-4-14)8-1-2-9-10(7-8)15-12(18)11(9)17/h1-2,7H,5-6H2,(H,15,17,18). The molecule has 1 aromatic rings. The Morgan fingerprint density at radius 1 is 1.17 bits per heavy atom. The van der Waals surface area contributed by atoms with E-state index in [9.17, 15) is 9.59 Å². The topological polar surface area (TPSA) is 97.0 Å². The Morgan fingerprint density at radius 3 is 2.44 bits per heavy atom. The molecule has 1 aliphatic rings. The van der Waals surface area contributed by atoms with Crippen molar-refractivity contribution in [3.05, 3.63) is 23.8 Å². The Hall–Kier alpha value is -2.86. The summed E-state index contributed by atoms with van der Waals surface area (Å²) in [5.74, 6) is -1.22. The Balaban J connectivity index is 2.36. The van der Waals surface area contributed by atoms with Crippen LogP contribution in [0.5, 0.6) is 0 Å².